The molecule has 0 bridgehead atoms. The minimum atomic E-state index is -2.97. The average molecular weight is 281 g/mol. The molecule has 0 amide bonds. The van der Waals surface area contributed by atoms with Crippen molar-refractivity contribution in [3.8, 4) is 0 Å². The Morgan fingerprint density at radius 2 is 1.93 bits per heavy atom. The molecule has 0 aromatic heterocycles. The molecule has 1 aliphatic carbocycles. The molecule has 2 unspecified atom stereocenters. The van der Waals surface area contributed by atoms with Gasteiger partial charge >= 0.3 is 0 Å². The molecule has 0 N–H and O–H groups in total. The molecule has 1 aromatic rings. The van der Waals surface area contributed by atoms with E-state index >= 15 is 0 Å². The molecule has 0 spiro atoms. The molecular weight excluding hydrogens is 276 g/mol. The summed E-state index contributed by atoms with van der Waals surface area (Å²) >= 11 is 2.28. The number of allylic oxidation sites excluding steroid dienone is 1. The Bertz CT molecular complexity index is 439. The van der Waals surface area contributed by atoms with Gasteiger partial charge in [-0.3, -0.25) is 0 Å². The van der Waals surface area contributed by atoms with Gasteiger partial charge in [0.15, 0.2) is 12.0 Å². The molecule has 0 saturated carbocycles. The fourth-order valence-electron chi connectivity index (χ4n) is 1.48. The number of benzene rings is 1. The SMILES string of the molecule is FC1=Cc2cccc(F)c2C(F)C1(F)Br. The molecule has 1 aromatic carbocycles. The monoisotopic (exact) mass is 280 g/mol. The van der Waals surface area contributed by atoms with Gasteiger partial charge in [0.05, 0.1) is 0 Å². The second-order valence-electron chi connectivity index (χ2n) is 3.22. The van der Waals surface area contributed by atoms with Gasteiger partial charge in [-0.1, -0.05) is 12.1 Å². The van der Waals surface area contributed by atoms with E-state index in [1.807, 2.05) is 0 Å². The van der Waals surface area contributed by atoms with Gasteiger partial charge in [0.2, 0.25) is 0 Å². The molecule has 5 heteroatoms. The van der Waals surface area contributed by atoms with Crippen LogP contribution in [0.25, 0.3) is 6.08 Å². The predicted molar refractivity (Wildman–Crippen MR) is 52.1 cm³/mol. The van der Waals surface area contributed by atoms with Gasteiger partial charge in [0.25, 0.3) is 4.58 Å². The maximum atomic E-state index is 13.5. The Morgan fingerprint density at radius 1 is 1.27 bits per heavy atom. The van der Waals surface area contributed by atoms with Crippen molar-refractivity contribution >= 4 is 22.0 Å². The minimum absolute atomic E-state index is 0.0210. The number of hydrogen-bond donors (Lipinski definition) is 0. The van der Waals surface area contributed by atoms with Gasteiger partial charge in [0.1, 0.15) is 5.82 Å². The molecule has 0 saturated heterocycles. The first-order valence-corrected chi connectivity index (χ1v) is 4.92. The van der Waals surface area contributed by atoms with Crippen LogP contribution in [0.4, 0.5) is 17.6 Å². The summed E-state index contributed by atoms with van der Waals surface area (Å²) in [6.07, 6.45) is -1.61. The third kappa shape index (κ3) is 1.49. The Labute approximate surface area is 91.7 Å². The van der Waals surface area contributed by atoms with E-state index in [1.54, 1.807) is 0 Å². The van der Waals surface area contributed by atoms with Crippen molar-refractivity contribution in [3.63, 3.8) is 0 Å². The van der Waals surface area contributed by atoms with E-state index in [0.717, 1.165) is 12.1 Å². The molecule has 1 aliphatic rings. The van der Waals surface area contributed by atoms with Gasteiger partial charge in [-0.25, -0.2) is 17.6 Å². The molecule has 0 aliphatic heterocycles. The maximum absolute atomic E-state index is 13.5. The van der Waals surface area contributed by atoms with Crippen molar-refractivity contribution < 1.29 is 17.6 Å². The van der Waals surface area contributed by atoms with E-state index in [2.05, 4.69) is 15.9 Å². The lowest BCUT2D eigenvalue weighted by atomic mass is 9.93. The fraction of sp³-hybridized carbons (Fsp3) is 0.200. The molecular formula is C10H5BrF4. The molecule has 2 rings (SSSR count). The first-order chi connectivity index (χ1) is 6.94. The third-order valence-electron chi connectivity index (χ3n) is 2.26. The highest BCUT2D eigenvalue weighted by Crippen LogP contribution is 2.50. The number of rotatable bonds is 0. The summed E-state index contributed by atoms with van der Waals surface area (Å²) in [5, 5.41) is 0. The molecule has 0 nitrogen and oxygen atoms in total. The minimum Gasteiger partial charge on any atom is -0.237 e. The van der Waals surface area contributed by atoms with Crippen LogP contribution in [0.15, 0.2) is 24.0 Å². The Hall–Kier alpha value is -0.840. The summed E-state index contributed by atoms with van der Waals surface area (Å²) in [5.74, 6) is -2.18. The Kier molecular flexibility index (Phi) is 2.37. The van der Waals surface area contributed by atoms with E-state index in [-0.39, 0.29) is 5.56 Å². The number of alkyl halides is 3. The van der Waals surface area contributed by atoms with Gasteiger partial charge in [0, 0.05) is 5.56 Å². The highest BCUT2D eigenvalue weighted by molar-refractivity contribution is 9.10. The molecule has 2 atom stereocenters. The Morgan fingerprint density at radius 3 is 2.60 bits per heavy atom. The zero-order valence-corrected chi connectivity index (χ0v) is 8.86. The summed E-state index contributed by atoms with van der Waals surface area (Å²) in [7, 11) is 0. The first-order valence-electron chi connectivity index (χ1n) is 4.12. The van der Waals surface area contributed by atoms with Crippen molar-refractivity contribution in [3.05, 3.63) is 41.0 Å². The van der Waals surface area contributed by atoms with Crippen molar-refractivity contribution in [1.29, 1.82) is 0 Å². The second-order valence-corrected chi connectivity index (χ2v) is 4.37. The van der Waals surface area contributed by atoms with Gasteiger partial charge < -0.3 is 0 Å². The molecule has 0 fully saturated rings. The van der Waals surface area contributed by atoms with Crippen LogP contribution in [0, 0.1) is 5.82 Å². The lowest BCUT2D eigenvalue weighted by Gasteiger charge is -2.27. The molecule has 0 radical (unpaired) electrons. The summed E-state index contributed by atoms with van der Waals surface area (Å²) in [4.78, 5) is 0. The lowest BCUT2D eigenvalue weighted by Crippen LogP contribution is -2.26. The van der Waals surface area contributed by atoms with Crippen molar-refractivity contribution in [2.24, 2.45) is 0 Å². The van der Waals surface area contributed by atoms with E-state index < -0.39 is 28.0 Å². The zero-order valence-electron chi connectivity index (χ0n) is 7.28. The van der Waals surface area contributed by atoms with Gasteiger partial charge in [-0.2, -0.15) is 0 Å². The van der Waals surface area contributed by atoms with E-state index in [1.165, 1.54) is 12.1 Å². The fourth-order valence-corrected chi connectivity index (χ4v) is 1.83. The van der Waals surface area contributed by atoms with Crippen LogP contribution in [-0.4, -0.2) is 4.58 Å². The summed E-state index contributed by atoms with van der Waals surface area (Å²) < 4.78 is 50.3. The van der Waals surface area contributed by atoms with Crippen LogP contribution in [0.1, 0.15) is 17.3 Å². The lowest BCUT2D eigenvalue weighted by molar-refractivity contribution is 0.146. The summed E-state index contributed by atoms with van der Waals surface area (Å²) in [5.41, 5.74) is -0.439. The van der Waals surface area contributed by atoms with E-state index in [0.29, 0.717) is 0 Å². The Balaban J connectivity index is 2.69. The number of fused-ring (bicyclic) bond motifs is 1. The van der Waals surface area contributed by atoms with Crippen molar-refractivity contribution in [2.75, 3.05) is 0 Å². The van der Waals surface area contributed by atoms with Crippen LogP contribution < -0.4 is 0 Å². The van der Waals surface area contributed by atoms with Crippen molar-refractivity contribution in [2.45, 2.75) is 10.7 Å². The van der Waals surface area contributed by atoms with Crippen LogP contribution in [0.5, 0.6) is 0 Å². The summed E-state index contributed by atoms with van der Waals surface area (Å²) in [6, 6.07) is 3.64. The highest BCUT2D eigenvalue weighted by atomic mass is 79.9. The quantitative estimate of drug-likeness (QED) is 0.493. The van der Waals surface area contributed by atoms with Crippen LogP contribution >= 0.6 is 15.9 Å². The average Bonchev–Trinajstić information content (AvgIpc) is 2.15. The van der Waals surface area contributed by atoms with Crippen LogP contribution in [-0.2, 0) is 0 Å². The second kappa shape index (κ2) is 3.33. The van der Waals surface area contributed by atoms with Gasteiger partial charge in [-0.15, -0.1) is 0 Å². The van der Waals surface area contributed by atoms with Crippen molar-refractivity contribution in [1.82, 2.24) is 0 Å². The normalized spacial score (nSPS) is 29.7. The zero-order chi connectivity index (χ0) is 11.2. The first kappa shape index (κ1) is 10.7. The number of halogens is 5. The van der Waals surface area contributed by atoms with Gasteiger partial charge in [-0.05, 0) is 33.6 Å². The molecule has 15 heavy (non-hydrogen) atoms. The summed E-state index contributed by atoms with van der Waals surface area (Å²) in [6.45, 7) is 0. The van der Waals surface area contributed by atoms with Crippen LogP contribution in [0.2, 0.25) is 0 Å². The third-order valence-corrected chi connectivity index (χ3v) is 3.04. The largest absolute Gasteiger partial charge is 0.250 e. The van der Waals surface area contributed by atoms with E-state index in [4.69, 9.17) is 0 Å². The highest BCUT2D eigenvalue weighted by Gasteiger charge is 2.47. The van der Waals surface area contributed by atoms with E-state index in [9.17, 15) is 17.6 Å². The smallest absolute Gasteiger partial charge is 0.237 e. The topological polar surface area (TPSA) is 0 Å². The predicted octanol–water partition coefficient (Wildman–Crippen LogP) is 4.22. The van der Waals surface area contributed by atoms with Crippen LogP contribution in [0.3, 0.4) is 0 Å². The molecule has 0 heterocycles. The molecule has 80 valence electrons. The number of hydrogen-bond acceptors (Lipinski definition) is 0. The maximum Gasteiger partial charge on any atom is 0.250 e. The standard InChI is InChI=1S/C10H5BrF4/c11-10(15)7(13)4-5-2-1-3-6(12)8(5)9(10)14/h1-4,9H.